The Kier molecular flexibility index (Phi) is 8.79. The number of hydrogen-bond acceptors (Lipinski definition) is 5. The van der Waals surface area contributed by atoms with E-state index < -0.39 is 30.6 Å². The van der Waals surface area contributed by atoms with E-state index in [9.17, 15) is 19.8 Å². The summed E-state index contributed by atoms with van der Waals surface area (Å²) in [5.41, 5.74) is 3.68. The Labute approximate surface area is 198 Å². The van der Waals surface area contributed by atoms with Gasteiger partial charge in [-0.1, -0.05) is 60.7 Å². The fourth-order valence-electron chi connectivity index (χ4n) is 3.77. The smallest absolute Gasteiger partial charge is 0.340 e. The summed E-state index contributed by atoms with van der Waals surface area (Å²) in [6.45, 7) is 1.99. The first-order valence-electron chi connectivity index (χ1n) is 11.2. The molecular formula is C27H29NO6. The summed E-state index contributed by atoms with van der Waals surface area (Å²) in [4.78, 5) is 23.6. The second-order valence-corrected chi connectivity index (χ2v) is 7.91. The molecule has 1 aromatic heterocycles. The maximum Gasteiger partial charge on any atom is 0.340 e. The van der Waals surface area contributed by atoms with Crippen LogP contribution in [-0.4, -0.2) is 50.6 Å². The van der Waals surface area contributed by atoms with E-state index in [0.29, 0.717) is 17.7 Å². The average Bonchev–Trinajstić information content (AvgIpc) is 3.16. The van der Waals surface area contributed by atoms with Crippen LogP contribution in [0.15, 0.2) is 72.8 Å². The Morgan fingerprint density at radius 3 is 2.29 bits per heavy atom. The zero-order valence-corrected chi connectivity index (χ0v) is 19.0. The molecule has 0 saturated carbocycles. The van der Waals surface area contributed by atoms with E-state index in [1.54, 1.807) is 19.2 Å². The van der Waals surface area contributed by atoms with Crippen molar-refractivity contribution in [1.29, 1.82) is 0 Å². The Hall–Kier alpha value is -3.68. The van der Waals surface area contributed by atoms with Crippen molar-refractivity contribution in [1.82, 2.24) is 4.57 Å². The van der Waals surface area contributed by atoms with Crippen LogP contribution in [0.2, 0.25) is 0 Å². The lowest BCUT2D eigenvalue weighted by atomic mass is 10.1. The van der Waals surface area contributed by atoms with Crippen LogP contribution >= 0.6 is 0 Å². The van der Waals surface area contributed by atoms with Crippen molar-refractivity contribution in [2.24, 2.45) is 0 Å². The van der Waals surface area contributed by atoms with E-state index >= 15 is 0 Å². The quantitative estimate of drug-likeness (QED) is 0.371. The number of hydrogen-bond donors (Lipinski definition) is 3. The number of carboxylic acids is 1. The minimum atomic E-state index is -1.17. The summed E-state index contributed by atoms with van der Waals surface area (Å²) in [6.07, 6.45) is 0.856. The molecule has 7 nitrogen and oxygen atoms in total. The second-order valence-electron chi connectivity index (χ2n) is 7.91. The largest absolute Gasteiger partial charge is 0.481 e. The maximum atomic E-state index is 12.8. The lowest BCUT2D eigenvalue weighted by Gasteiger charge is -2.14. The molecule has 3 N–H and O–H groups in total. The summed E-state index contributed by atoms with van der Waals surface area (Å²) in [7, 11) is 0. The van der Waals surface area contributed by atoms with Crippen molar-refractivity contribution in [3.8, 4) is 11.3 Å². The van der Waals surface area contributed by atoms with Crippen LogP contribution in [0.1, 0.15) is 41.4 Å². The first kappa shape index (κ1) is 25.0. The second kappa shape index (κ2) is 12.0. The van der Waals surface area contributed by atoms with Gasteiger partial charge in [-0.25, -0.2) is 4.79 Å². The number of carbonyl (C=O) groups excluding carboxylic acids is 1. The number of esters is 1. The lowest BCUT2D eigenvalue weighted by molar-refractivity contribution is -0.139. The van der Waals surface area contributed by atoms with Crippen LogP contribution in [0.3, 0.4) is 0 Å². The number of aromatic nitrogens is 1. The van der Waals surface area contributed by atoms with Gasteiger partial charge < -0.3 is 24.6 Å². The highest BCUT2D eigenvalue weighted by Gasteiger charge is 2.22. The number of aliphatic hydroxyl groups is 2. The van der Waals surface area contributed by atoms with Gasteiger partial charge in [-0.15, -0.1) is 0 Å². The Balaban J connectivity index is 2.06. The minimum Gasteiger partial charge on any atom is -0.481 e. The van der Waals surface area contributed by atoms with Crippen molar-refractivity contribution < 1.29 is 29.6 Å². The van der Waals surface area contributed by atoms with Crippen molar-refractivity contribution in [2.45, 2.75) is 38.4 Å². The molecule has 0 aliphatic carbocycles. The predicted octanol–water partition coefficient (Wildman–Crippen LogP) is 3.98. The number of benzene rings is 2. The Morgan fingerprint density at radius 1 is 1.03 bits per heavy atom. The maximum absolute atomic E-state index is 12.8. The van der Waals surface area contributed by atoms with Crippen LogP contribution in [-0.2, 0) is 16.0 Å². The van der Waals surface area contributed by atoms with Crippen molar-refractivity contribution in [2.75, 3.05) is 6.61 Å². The number of ether oxygens (including phenoxy) is 1. The Bertz CT molecular complexity index is 1120. The fourth-order valence-corrected chi connectivity index (χ4v) is 3.77. The SMILES string of the molecule is CCOC(=O)c1cc(Cc2ccccc2)n(/C=C/[C@@H](O)C[C@@H](O)CC(=O)O)c1-c1ccccc1. The van der Waals surface area contributed by atoms with Crippen molar-refractivity contribution >= 4 is 18.1 Å². The average molecular weight is 464 g/mol. The van der Waals surface area contributed by atoms with Gasteiger partial charge in [0.25, 0.3) is 0 Å². The number of rotatable bonds is 11. The number of carboxylic acid groups (broad SMARTS) is 1. The van der Waals surface area contributed by atoms with Crippen molar-refractivity contribution in [3.05, 3.63) is 89.6 Å². The molecule has 0 fully saturated rings. The van der Waals surface area contributed by atoms with Crippen LogP contribution in [0.25, 0.3) is 17.5 Å². The molecule has 1 heterocycles. The van der Waals surface area contributed by atoms with E-state index in [4.69, 9.17) is 9.84 Å². The van der Waals surface area contributed by atoms with E-state index in [1.807, 2.05) is 65.2 Å². The predicted molar refractivity (Wildman–Crippen MR) is 129 cm³/mol. The molecule has 3 rings (SSSR count). The topological polar surface area (TPSA) is 109 Å². The van der Waals surface area contributed by atoms with Gasteiger partial charge in [0.05, 0.1) is 36.5 Å². The van der Waals surface area contributed by atoms with E-state index in [-0.39, 0.29) is 13.0 Å². The highest BCUT2D eigenvalue weighted by molar-refractivity contribution is 5.97. The van der Waals surface area contributed by atoms with E-state index in [0.717, 1.165) is 16.8 Å². The van der Waals surface area contributed by atoms with Crippen LogP contribution in [0.4, 0.5) is 0 Å². The van der Waals surface area contributed by atoms with Crippen LogP contribution < -0.4 is 0 Å². The zero-order valence-electron chi connectivity index (χ0n) is 19.0. The van der Waals surface area contributed by atoms with E-state index in [1.165, 1.54) is 6.08 Å². The molecule has 0 aliphatic rings. The first-order valence-corrected chi connectivity index (χ1v) is 11.2. The molecule has 0 radical (unpaired) electrons. The number of aliphatic hydroxyl groups excluding tert-OH is 2. The van der Waals surface area contributed by atoms with Gasteiger partial charge in [0, 0.05) is 24.7 Å². The highest BCUT2D eigenvalue weighted by Crippen LogP contribution is 2.30. The van der Waals surface area contributed by atoms with Crippen LogP contribution in [0, 0.1) is 0 Å². The number of carbonyl (C=O) groups is 2. The third kappa shape index (κ3) is 6.66. The zero-order chi connectivity index (χ0) is 24.5. The standard InChI is InChI=1S/C27H29NO6/c1-2-34-27(33)24-16-21(15-19-9-5-3-6-10-19)28(26(24)20-11-7-4-8-12-20)14-13-22(29)17-23(30)18-25(31)32/h3-14,16,22-23,29-30H,2,15,17-18H2,1H3,(H,31,32)/b14-13+/t22-,23-/m1/s1. The molecule has 3 aromatic rings. The van der Waals surface area contributed by atoms with Gasteiger partial charge in [0.1, 0.15) is 0 Å². The lowest BCUT2D eigenvalue weighted by Crippen LogP contribution is -2.19. The molecule has 0 spiro atoms. The molecule has 2 aromatic carbocycles. The van der Waals surface area contributed by atoms with Gasteiger partial charge in [-0.3, -0.25) is 4.79 Å². The van der Waals surface area contributed by atoms with Crippen molar-refractivity contribution in [3.63, 3.8) is 0 Å². The third-order valence-electron chi connectivity index (χ3n) is 5.27. The molecule has 7 heteroatoms. The normalized spacial score (nSPS) is 13.0. The summed E-state index contributed by atoms with van der Waals surface area (Å²) in [6, 6.07) is 21.0. The third-order valence-corrected chi connectivity index (χ3v) is 5.27. The molecule has 0 saturated heterocycles. The molecular weight excluding hydrogens is 434 g/mol. The number of nitrogens with zero attached hydrogens (tertiary/aromatic N) is 1. The molecule has 0 aliphatic heterocycles. The van der Waals surface area contributed by atoms with Gasteiger partial charge in [-0.05, 0) is 30.2 Å². The summed E-state index contributed by atoms with van der Waals surface area (Å²) >= 11 is 0. The van der Waals surface area contributed by atoms with Crippen LogP contribution in [0.5, 0.6) is 0 Å². The highest BCUT2D eigenvalue weighted by atomic mass is 16.5. The number of aliphatic carboxylic acids is 1. The first-order chi connectivity index (χ1) is 16.4. The van der Waals surface area contributed by atoms with Gasteiger partial charge in [0.2, 0.25) is 0 Å². The molecule has 34 heavy (non-hydrogen) atoms. The minimum absolute atomic E-state index is 0.122. The molecule has 0 bridgehead atoms. The molecule has 0 unspecified atom stereocenters. The molecule has 2 atom stereocenters. The summed E-state index contributed by atoms with van der Waals surface area (Å²) < 4.78 is 7.14. The summed E-state index contributed by atoms with van der Waals surface area (Å²) in [5, 5.41) is 29.1. The fraction of sp³-hybridized carbons (Fsp3) is 0.259. The molecule has 178 valence electrons. The monoisotopic (exact) mass is 463 g/mol. The van der Waals surface area contributed by atoms with Gasteiger partial charge >= 0.3 is 11.9 Å². The molecule has 0 amide bonds. The van der Waals surface area contributed by atoms with Gasteiger partial charge in [-0.2, -0.15) is 0 Å². The van der Waals surface area contributed by atoms with Gasteiger partial charge in [0.15, 0.2) is 0 Å². The Morgan fingerprint density at radius 2 is 1.68 bits per heavy atom. The van der Waals surface area contributed by atoms with E-state index in [2.05, 4.69) is 0 Å². The summed E-state index contributed by atoms with van der Waals surface area (Å²) in [5.74, 6) is -1.58.